The van der Waals surface area contributed by atoms with E-state index in [0.29, 0.717) is 5.41 Å². The van der Waals surface area contributed by atoms with Crippen LogP contribution in [0.4, 0.5) is 0 Å². The lowest BCUT2D eigenvalue weighted by Crippen LogP contribution is -2.36. The SMILES string of the molecule is COCCCCCC1(c2ccccc2)CCC([Si]2CCC(C(=O)O)CC2)CC1. The van der Waals surface area contributed by atoms with Crippen LogP contribution < -0.4 is 0 Å². The molecule has 2 fully saturated rings. The number of carboxylic acid groups (broad SMARTS) is 1. The summed E-state index contributed by atoms with van der Waals surface area (Å²) in [5, 5.41) is 9.27. The van der Waals surface area contributed by atoms with E-state index in [1.54, 1.807) is 12.7 Å². The van der Waals surface area contributed by atoms with Crippen LogP contribution >= 0.6 is 0 Å². The van der Waals surface area contributed by atoms with Gasteiger partial charge in [-0.15, -0.1) is 0 Å². The van der Waals surface area contributed by atoms with Crippen molar-refractivity contribution in [3.8, 4) is 0 Å². The van der Waals surface area contributed by atoms with E-state index in [2.05, 4.69) is 30.3 Å². The summed E-state index contributed by atoms with van der Waals surface area (Å²) in [5.41, 5.74) is 2.82. The summed E-state index contributed by atoms with van der Waals surface area (Å²) in [7, 11) is 1.43. The Balaban J connectivity index is 1.57. The topological polar surface area (TPSA) is 46.5 Å². The molecule has 1 heterocycles. The predicted octanol–water partition coefficient (Wildman–Crippen LogP) is 6.06. The molecule has 1 aliphatic heterocycles. The highest BCUT2D eigenvalue weighted by Crippen LogP contribution is 2.49. The highest BCUT2D eigenvalue weighted by Gasteiger charge is 2.40. The minimum absolute atomic E-state index is 0.0622. The van der Waals surface area contributed by atoms with Gasteiger partial charge in [0, 0.05) is 13.7 Å². The minimum atomic E-state index is -0.568. The van der Waals surface area contributed by atoms with Gasteiger partial charge in [0.25, 0.3) is 0 Å². The van der Waals surface area contributed by atoms with Gasteiger partial charge in [-0.3, -0.25) is 4.79 Å². The smallest absolute Gasteiger partial charge is 0.306 e. The lowest BCUT2D eigenvalue weighted by molar-refractivity contribution is -0.142. The van der Waals surface area contributed by atoms with Crippen molar-refractivity contribution in [3.63, 3.8) is 0 Å². The average molecular weight is 402 g/mol. The number of rotatable bonds is 9. The number of carboxylic acids is 1. The van der Waals surface area contributed by atoms with E-state index in [-0.39, 0.29) is 14.7 Å². The number of unbranched alkanes of at least 4 members (excludes halogenated alkanes) is 2. The van der Waals surface area contributed by atoms with Gasteiger partial charge < -0.3 is 9.84 Å². The molecular formula is C24H37O3Si. The third kappa shape index (κ3) is 5.47. The molecule has 1 N–H and O–H groups in total. The fourth-order valence-electron chi connectivity index (χ4n) is 5.58. The van der Waals surface area contributed by atoms with E-state index in [1.165, 1.54) is 63.5 Å². The average Bonchev–Trinajstić information content (AvgIpc) is 2.75. The van der Waals surface area contributed by atoms with Gasteiger partial charge in [-0.1, -0.05) is 68.1 Å². The molecule has 1 saturated carbocycles. The summed E-state index contributed by atoms with van der Waals surface area (Å²) in [6.45, 7) is 0.879. The van der Waals surface area contributed by atoms with Gasteiger partial charge in [0.05, 0.1) is 14.7 Å². The van der Waals surface area contributed by atoms with Gasteiger partial charge in [-0.2, -0.15) is 0 Å². The van der Waals surface area contributed by atoms with Gasteiger partial charge in [0.1, 0.15) is 0 Å². The molecule has 1 aliphatic carbocycles. The van der Waals surface area contributed by atoms with E-state index >= 15 is 0 Å². The Bertz CT molecular complexity index is 587. The lowest BCUT2D eigenvalue weighted by atomic mass is 9.66. The number of hydrogen-bond acceptors (Lipinski definition) is 2. The molecule has 0 unspecified atom stereocenters. The zero-order valence-corrected chi connectivity index (χ0v) is 18.5. The van der Waals surface area contributed by atoms with Crippen molar-refractivity contribution >= 4 is 14.8 Å². The molecule has 0 spiro atoms. The Labute approximate surface area is 172 Å². The third-order valence-electron chi connectivity index (χ3n) is 7.39. The van der Waals surface area contributed by atoms with Crippen LogP contribution in [0.25, 0.3) is 0 Å². The van der Waals surface area contributed by atoms with Crippen LogP contribution in [0.1, 0.15) is 69.8 Å². The molecular weight excluding hydrogens is 364 g/mol. The molecule has 3 nitrogen and oxygen atoms in total. The highest BCUT2D eigenvalue weighted by atomic mass is 28.3. The van der Waals surface area contributed by atoms with Gasteiger partial charge in [-0.25, -0.2) is 0 Å². The minimum Gasteiger partial charge on any atom is -0.481 e. The van der Waals surface area contributed by atoms with Crippen molar-refractivity contribution in [2.45, 2.75) is 87.3 Å². The maximum Gasteiger partial charge on any atom is 0.306 e. The fourth-order valence-corrected chi connectivity index (χ4v) is 9.19. The van der Waals surface area contributed by atoms with E-state index in [4.69, 9.17) is 4.74 Å². The van der Waals surface area contributed by atoms with Gasteiger partial charge >= 0.3 is 5.97 Å². The van der Waals surface area contributed by atoms with Crippen molar-refractivity contribution in [3.05, 3.63) is 35.9 Å². The molecule has 1 aromatic rings. The monoisotopic (exact) mass is 401 g/mol. The second-order valence-corrected chi connectivity index (χ2v) is 12.1. The number of hydrogen-bond donors (Lipinski definition) is 1. The normalized spacial score (nSPS) is 27.0. The molecule has 28 heavy (non-hydrogen) atoms. The Kier molecular flexibility index (Phi) is 8.16. The van der Waals surface area contributed by atoms with Crippen LogP contribution in [0.5, 0.6) is 0 Å². The number of aliphatic carboxylic acids is 1. The molecule has 4 heteroatoms. The van der Waals surface area contributed by atoms with Crippen LogP contribution in [-0.4, -0.2) is 33.6 Å². The first-order valence-corrected chi connectivity index (χ1v) is 13.3. The van der Waals surface area contributed by atoms with E-state index in [0.717, 1.165) is 25.0 Å². The number of ether oxygens (including phenoxy) is 1. The summed E-state index contributed by atoms with van der Waals surface area (Å²) in [6, 6.07) is 13.7. The third-order valence-corrected chi connectivity index (χ3v) is 11.0. The highest BCUT2D eigenvalue weighted by molar-refractivity contribution is 6.60. The first kappa shape index (κ1) is 21.6. The molecule has 155 valence electrons. The van der Waals surface area contributed by atoms with Crippen molar-refractivity contribution in [1.29, 1.82) is 0 Å². The molecule has 2 aliphatic rings. The van der Waals surface area contributed by atoms with Crippen LogP contribution in [-0.2, 0) is 14.9 Å². The van der Waals surface area contributed by atoms with E-state index in [1.807, 2.05) is 0 Å². The second kappa shape index (κ2) is 10.6. The number of methoxy groups -OCH3 is 1. The summed E-state index contributed by atoms with van der Waals surface area (Å²) >= 11 is 0. The zero-order valence-electron chi connectivity index (χ0n) is 17.5. The van der Waals surface area contributed by atoms with E-state index in [9.17, 15) is 9.90 Å². The Morgan fingerprint density at radius 3 is 2.36 bits per heavy atom. The molecule has 0 atom stereocenters. The first-order valence-electron chi connectivity index (χ1n) is 11.3. The Morgan fingerprint density at radius 2 is 1.75 bits per heavy atom. The Hall–Kier alpha value is -1.13. The van der Waals surface area contributed by atoms with Crippen LogP contribution in [0, 0.1) is 5.92 Å². The summed E-state index contributed by atoms with van der Waals surface area (Å²) in [4.78, 5) is 11.2. The molecule has 1 aromatic carbocycles. The second-order valence-electron chi connectivity index (χ2n) is 8.99. The molecule has 0 aromatic heterocycles. The van der Waals surface area contributed by atoms with Crippen molar-refractivity contribution in [1.82, 2.24) is 0 Å². The van der Waals surface area contributed by atoms with Gasteiger partial charge in [0.2, 0.25) is 0 Å². The number of benzene rings is 1. The molecule has 3 rings (SSSR count). The Morgan fingerprint density at radius 1 is 1.07 bits per heavy atom. The molecule has 0 amide bonds. The fraction of sp³-hybridized carbons (Fsp3) is 0.708. The maximum absolute atomic E-state index is 11.2. The molecule has 0 bridgehead atoms. The summed E-state index contributed by atoms with van der Waals surface area (Å²) in [5.74, 6) is -0.630. The zero-order chi connectivity index (χ0) is 19.8. The summed E-state index contributed by atoms with van der Waals surface area (Å²) in [6.07, 6.45) is 12.3. The quantitative estimate of drug-likeness (QED) is 0.404. The van der Waals surface area contributed by atoms with Crippen molar-refractivity contribution in [2.24, 2.45) is 5.92 Å². The van der Waals surface area contributed by atoms with Crippen LogP contribution in [0.2, 0.25) is 17.6 Å². The molecule has 1 radical (unpaired) electrons. The van der Waals surface area contributed by atoms with Gasteiger partial charge in [0.15, 0.2) is 0 Å². The van der Waals surface area contributed by atoms with Crippen molar-refractivity contribution in [2.75, 3.05) is 13.7 Å². The van der Waals surface area contributed by atoms with Gasteiger partial charge in [-0.05, 0) is 55.0 Å². The summed E-state index contributed by atoms with van der Waals surface area (Å²) < 4.78 is 5.21. The predicted molar refractivity (Wildman–Crippen MR) is 116 cm³/mol. The largest absolute Gasteiger partial charge is 0.481 e. The van der Waals surface area contributed by atoms with E-state index < -0.39 is 5.97 Å². The lowest BCUT2D eigenvalue weighted by Gasteiger charge is -2.44. The van der Waals surface area contributed by atoms with Crippen molar-refractivity contribution < 1.29 is 14.6 Å². The first-order chi connectivity index (χ1) is 13.6. The van der Waals surface area contributed by atoms with Crippen LogP contribution in [0.3, 0.4) is 0 Å². The maximum atomic E-state index is 11.2. The number of carbonyl (C=O) groups is 1. The molecule has 1 saturated heterocycles. The van der Waals surface area contributed by atoms with Crippen LogP contribution in [0.15, 0.2) is 30.3 Å². The standard InChI is InChI=1S/C24H37O3Si/c1-27-17-7-3-6-14-24(21-8-4-2-5-9-21)15-10-22(11-16-24)28-18-12-20(13-19-28)23(25)26/h2,4-5,8-9,20,22H,3,6-7,10-19H2,1H3,(H,25,26).